The number of methoxy groups -OCH3 is 1. The molecule has 33 heavy (non-hydrogen) atoms. The van der Waals surface area contributed by atoms with Crippen LogP contribution in [0.1, 0.15) is 0 Å². The summed E-state index contributed by atoms with van der Waals surface area (Å²) in [6.45, 7) is 0. The third-order valence-electron chi connectivity index (χ3n) is 5.07. The topological polar surface area (TPSA) is 60.7 Å². The minimum absolute atomic E-state index is 0.0221. The number of ether oxygens (including phenoxy) is 2. The molecular weight excluding hydrogens is 477 g/mol. The number of carbonyl (C=O) groups excluding carboxylic acids is 1. The fourth-order valence-corrected chi connectivity index (χ4v) is 3.32. The largest absolute Gasteiger partial charge is 0.495 e. The van der Waals surface area contributed by atoms with Crippen LogP contribution >= 0.6 is 0 Å². The van der Waals surface area contributed by atoms with Gasteiger partial charge in [-0.2, -0.15) is 39.5 Å². The summed E-state index contributed by atoms with van der Waals surface area (Å²) in [5.41, 5.74) is -0.377. The van der Waals surface area contributed by atoms with Gasteiger partial charge in [0.05, 0.1) is 12.8 Å². The van der Waals surface area contributed by atoms with Gasteiger partial charge in [-0.25, -0.2) is 0 Å². The number of nitrogens with one attached hydrogen (secondary N) is 1. The average Bonchev–Trinajstić information content (AvgIpc) is 3.13. The van der Waals surface area contributed by atoms with E-state index in [0.717, 1.165) is 13.2 Å². The fraction of sp³-hybridized carbons (Fsp3) is 0.316. The van der Waals surface area contributed by atoms with Crippen LogP contribution in [0.15, 0.2) is 40.8 Å². The minimum Gasteiger partial charge on any atom is -0.495 e. The lowest BCUT2D eigenvalue weighted by molar-refractivity contribution is -0.366. The fourth-order valence-electron chi connectivity index (χ4n) is 3.32. The normalized spacial score (nSPS) is 23.7. The van der Waals surface area contributed by atoms with Crippen molar-refractivity contribution in [2.24, 2.45) is 0 Å². The van der Waals surface area contributed by atoms with Gasteiger partial charge in [-0.15, -0.1) is 0 Å². The van der Waals surface area contributed by atoms with Crippen LogP contribution in [0.4, 0.5) is 45.2 Å². The second-order valence-electron chi connectivity index (χ2n) is 7.04. The molecule has 2 heterocycles. The lowest BCUT2D eigenvalue weighted by atomic mass is 9.99. The number of halogens is 9. The molecule has 1 aromatic heterocycles. The summed E-state index contributed by atoms with van der Waals surface area (Å²) in [5, 5.41) is 2.23. The quantitative estimate of drug-likeness (QED) is 0.478. The van der Waals surface area contributed by atoms with Crippen molar-refractivity contribution < 1.29 is 58.2 Å². The Morgan fingerprint density at radius 2 is 1.58 bits per heavy atom. The Labute approximate surface area is 177 Å². The molecule has 0 unspecified atom stereocenters. The van der Waals surface area contributed by atoms with Gasteiger partial charge in [0.15, 0.2) is 0 Å². The smallest absolute Gasteiger partial charge is 0.428 e. The molecule has 1 N–H and O–H groups in total. The number of benzene rings is 2. The number of amides is 1. The van der Waals surface area contributed by atoms with E-state index in [1.54, 1.807) is 24.3 Å². The maximum atomic E-state index is 14.4. The van der Waals surface area contributed by atoms with Crippen LogP contribution in [-0.2, 0) is 9.53 Å². The first-order valence-corrected chi connectivity index (χ1v) is 8.82. The molecule has 1 aliphatic rings. The number of hydrogen-bond donors (Lipinski definition) is 1. The zero-order chi connectivity index (χ0) is 24.6. The number of rotatable bonds is 4. The standard InChI is InChI=1S/C19H10F9NO4/c1-31-13-6-9-8-4-2-3-5-11(8)32-12(9)7-10(13)29-14(30)15(20,21)18(26)16(22,23)17(24,25)19(27,28)33-18/h2-7H,1H3,(H,29,30)/t18-/m0/s1. The number of carbonyl (C=O) groups is 1. The van der Waals surface area contributed by atoms with Crippen molar-refractivity contribution in [1.29, 1.82) is 0 Å². The maximum Gasteiger partial charge on any atom is 0.428 e. The number of hydrogen-bond acceptors (Lipinski definition) is 4. The Morgan fingerprint density at radius 3 is 2.15 bits per heavy atom. The van der Waals surface area contributed by atoms with Gasteiger partial charge < -0.3 is 14.5 Å². The Hall–Kier alpha value is -3.16. The number of para-hydroxylation sites is 1. The number of furan rings is 1. The summed E-state index contributed by atoms with van der Waals surface area (Å²) < 4.78 is 136. The monoisotopic (exact) mass is 487 g/mol. The molecular formula is C19H10F9NO4. The van der Waals surface area contributed by atoms with Crippen LogP contribution in [0, 0.1) is 0 Å². The van der Waals surface area contributed by atoms with Crippen molar-refractivity contribution in [2.75, 3.05) is 12.4 Å². The van der Waals surface area contributed by atoms with Crippen LogP contribution in [0.3, 0.4) is 0 Å². The molecule has 1 amide bonds. The van der Waals surface area contributed by atoms with Crippen LogP contribution in [-0.4, -0.2) is 42.7 Å². The Morgan fingerprint density at radius 1 is 0.939 bits per heavy atom. The molecule has 0 spiro atoms. The van der Waals surface area contributed by atoms with Gasteiger partial charge in [0.25, 0.3) is 0 Å². The van der Waals surface area contributed by atoms with E-state index in [1.165, 1.54) is 11.4 Å². The third kappa shape index (κ3) is 2.82. The van der Waals surface area contributed by atoms with E-state index in [9.17, 15) is 44.3 Å². The van der Waals surface area contributed by atoms with Crippen molar-refractivity contribution >= 4 is 33.5 Å². The summed E-state index contributed by atoms with van der Waals surface area (Å²) in [5.74, 6) is -29.4. The van der Waals surface area contributed by atoms with E-state index in [1.807, 2.05) is 0 Å². The van der Waals surface area contributed by atoms with Crippen LogP contribution in [0.5, 0.6) is 5.75 Å². The van der Waals surface area contributed by atoms with Gasteiger partial charge >= 0.3 is 35.6 Å². The predicted octanol–water partition coefficient (Wildman–Crippen LogP) is 5.73. The highest BCUT2D eigenvalue weighted by Gasteiger charge is 2.96. The first-order valence-electron chi connectivity index (χ1n) is 8.82. The molecule has 1 fully saturated rings. The van der Waals surface area contributed by atoms with E-state index in [0.29, 0.717) is 16.4 Å². The summed E-state index contributed by atoms with van der Waals surface area (Å²) in [6.07, 6.45) is -6.33. The van der Waals surface area contributed by atoms with E-state index < -0.39 is 41.3 Å². The molecule has 14 heteroatoms. The number of anilines is 1. The number of fused-ring (bicyclic) bond motifs is 3. The van der Waals surface area contributed by atoms with Crippen molar-refractivity contribution in [3.63, 3.8) is 0 Å². The average molecular weight is 487 g/mol. The maximum absolute atomic E-state index is 14.4. The Balaban J connectivity index is 1.75. The van der Waals surface area contributed by atoms with Gasteiger partial charge in [-0.05, 0) is 12.1 Å². The Bertz CT molecular complexity index is 1270. The third-order valence-corrected chi connectivity index (χ3v) is 5.07. The van der Waals surface area contributed by atoms with Crippen molar-refractivity contribution in [3.05, 3.63) is 36.4 Å². The van der Waals surface area contributed by atoms with Gasteiger partial charge in [0, 0.05) is 16.8 Å². The molecule has 3 aromatic rings. The zero-order valence-electron chi connectivity index (χ0n) is 16.0. The van der Waals surface area contributed by atoms with Gasteiger partial charge in [0.2, 0.25) is 0 Å². The molecule has 1 aliphatic heterocycles. The summed E-state index contributed by atoms with van der Waals surface area (Å²) in [6, 6.07) is 8.53. The molecule has 1 saturated heterocycles. The summed E-state index contributed by atoms with van der Waals surface area (Å²) in [4.78, 5) is 12.0. The highest BCUT2D eigenvalue weighted by atomic mass is 19.4. The van der Waals surface area contributed by atoms with Crippen LogP contribution in [0.2, 0.25) is 0 Å². The Kier molecular flexibility index (Phi) is 4.66. The minimum atomic E-state index is -6.78. The second kappa shape index (κ2) is 6.68. The molecule has 1 atom stereocenters. The first-order chi connectivity index (χ1) is 15.1. The molecule has 4 rings (SSSR count). The van der Waals surface area contributed by atoms with E-state index in [2.05, 4.69) is 4.74 Å². The SMILES string of the molecule is COc1cc2c(cc1NC(=O)C(F)(F)[C@]1(F)OC(F)(F)C(F)(F)C1(F)F)oc1ccccc12. The van der Waals surface area contributed by atoms with Crippen LogP contribution < -0.4 is 10.1 Å². The molecule has 178 valence electrons. The first kappa shape index (κ1) is 23.0. The second-order valence-corrected chi connectivity index (χ2v) is 7.04. The molecule has 0 saturated carbocycles. The summed E-state index contributed by atoms with van der Waals surface area (Å²) in [7, 11) is 1.03. The molecule has 5 nitrogen and oxygen atoms in total. The lowest BCUT2D eigenvalue weighted by Crippen LogP contribution is -2.63. The van der Waals surface area contributed by atoms with Crippen molar-refractivity contribution in [2.45, 2.75) is 29.7 Å². The van der Waals surface area contributed by atoms with Crippen molar-refractivity contribution in [1.82, 2.24) is 0 Å². The highest BCUT2D eigenvalue weighted by molar-refractivity contribution is 6.08. The molecule has 0 bridgehead atoms. The van der Waals surface area contributed by atoms with Gasteiger partial charge in [-0.3, -0.25) is 9.53 Å². The zero-order valence-corrected chi connectivity index (χ0v) is 16.0. The van der Waals surface area contributed by atoms with E-state index in [4.69, 9.17) is 9.15 Å². The summed E-state index contributed by atoms with van der Waals surface area (Å²) >= 11 is 0. The van der Waals surface area contributed by atoms with Gasteiger partial charge in [0.1, 0.15) is 16.9 Å². The van der Waals surface area contributed by atoms with Crippen LogP contribution in [0.25, 0.3) is 21.9 Å². The van der Waals surface area contributed by atoms with Gasteiger partial charge in [-0.1, -0.05) is 18.2 Å². The number of alkyl halides is 9. The highest BCUT2D eigenvalue weighted by Crippen LogP contribution is 2.64. The van der Waals surface area contributed by atoms with E-state index in [-0.39, 0.29) is 11.3 Å². The molecule has 2 aromatic carbocycles. The van der Waals surface area contributed by atoms with Crippen molar-refractivity contribution in [3.8, 4) is 5.75 Å². The molecule has 0 radical (unpaired) electrons. The molecule has 0 aliphatic carbocycles. The van der Waals surface area contributed by atoms with E-state index >= 15 is 0 Å². The predicted molar refractivity (Wildman–Crippen MR) is 93.6 cm³/mol. The lowest BCUT2D eigenvalue weighted by Gasteiger charge is -2.31.